The van der Waals surface area contributed by atoms with Gasteiger partial charge < -0.3 is 20.3 Å². The maximum Gasteiger partial charge on any atom is 0.331 e. The number of nitrogens with one attached hydrogen (secondary N) is 2. The molecule has 0 saturated carbocycles. The Labute approximate surface area is 160 Å². The number of aliphatic carboxylic acids is 1. The SMILES string of the molecule is C/C(=C\C(=O)Nc1ccc(S[C@@H](C)C(=O)Nc2cc(C)on2)cc1)C(=O)O. The maximum absolute atomic E-state index is 12.2. The average molecular weight is 389 g/mol. The molecule has 3 N–H and O–H groups in total. The summed E-state index contributed by atoms with van der Waals surface area (Å²) in [5.41, 5.74) is 0.468. The van der Waals surface area contributed by atoms with Crippen molar-refractivity contribution in [2.75, 3.05) is 10.6 Å². The molecule has 0 bridgehead atoms. The summed E-state index contributed by atoms with van der Waals surface area (Å²) in [6, 6.07) is 8.51. The zero-order valence-electron chi connectivity index (χ0n) is 15.0. The lowest BCUT2D eigenvalue weighted by Crippen LogP contribution is -2.22. The number of hydrogen-bond acceptors (Lipinski definition) is 6. The number of nitrogens with zero attached hydrogens (tertiary/aromatic N) is 1. The molecule has 0 aliphatic rings. The van der Waals surface area contributed by atoms with E-state index in [4.69, 9.17) is 9.63 Å². The molecule has 0 spiro atoms. The number of carboxylic acids is 1. The van der Waals surface area contributed by atoms with Gasteiger partial charge in [0.15, 0.2) is 5.82 Å². The van der Waals surface area contributed by atoms with Crippen LogP contribution in [-0.4, -0.2) is 33.3 Å². The minimum atomic E-state index is -1.15. The first-order chi connectivity index (χ1) is 12.7. The highest BCUT2D eigenvalue weighted by Crippen LogP contribution is 2.25. The molecule has 2 rings (SSSR count). The van der Waals surface area contributed by atoms with Crippen LogP contribution in [0, 0.1) is 6.92 Å². The highest BCUT2D eigenvalue weighted by molar-refractivity contribution is 8.00. The highest BCUT2D eigenvalue weighted by Gasteiger charge is 2.16. The van der Waals surface area contributed by atoms with Crippen molar-refractivity contribution >= 4 is 41.1 Å². The van der Waals surface area contributed by atoms with E-state index in [0.717, 1.165) is 11.0 Å². The molecule has 1 heterocycles. The third-order valence-electron chi connectivity index (χ3n) is 3.37. The molecule has 0 fully saturated rings. The van der Waals surface area contributed by atoms with Gasteiger partial charge in [0.1, 0.15) is 5.76 Å². The van der Waals surface area contributed by atoms with Crippen LogP contribution < -0.4 is 10.6 Å². The summed E-state index contributed by atoms with van der Waals surface area (Å²) in [6.45, 7) is 4.84. The monoisotopic (exact) mass is 389 g/mol. The lowest BCUT2D eigenvalue weighted by molar-refractivity contribution is -0.132. The fourth-order valence-corrected chi connectivity index (χ4v) is 2.83. The van der Waals surface area contributed by atoms with Crippen molar-refractivity contribution in [2.24, 2.45) is 0 Å². The van der Waals surface area contributed by atoms with Crippen LogP contribution in [0.2, 0.25) is 0 Å². The second-order valence-corrected chi connectivity index (χ2v) is 7.13. The molecular formula is C18H19N3O5S. The van der Waals surface area contributed by atoms with Gasteiger partial charge >= 0.3 is 5.97 Å². The van der Waals surface area contributed by atoms with Crippen LogP contribution in [0.4, 0.5) is 11.5 Å². The Balaban J connectivity index is 1.90. The Hall–Kier alpha value is -3.07. The molecule has 1 atom stereocenters. The second-order valence-electron chi connectivity index (χ2n) is 5.72. The first-order valence-electron chi connectivity index (χ1n) is 7.98. The van der Waals surface area contributed by atoms with E-state index < -0.39 is 11.9 Å². The Morgan fingerprint density at radius 1 is 1.22 bits per heavy atom. The molecule has 1 aromatic carbocycles. The molecule has 9 heteroatoms. The minimum absolute atomic E-state index is 0.0539. The third kappa shape index (κ3) is 6.30. The number of thioether (sulfide) groups is 1. The second kappa shape index (κ2) is 9.04. The van der Waals surface area contributed by atoms with Crippen LogP contribution >= 0.6 is 11.8 Å². The van der Waals surface area contributed by atoms with Crippen molar-refractivity contribution in [3.63, 3.8) is 0 Å². The molecule has 0 aliphatic carbocycles. The number of anilines is 2. The zero-order chi connectivity index (χ0) is 20.0. The van der Waals surface area contributed by atoms with Gasteiger partial charge in [-0.25, -0.2) is 4.79 Å². The maximum atomic E-state index is 12.2. The predicted molar refractivity (Wildman–Crippen MR) is 102 cm³/mol. The summed E-state index contributed by atoms with van der Waals surface area (Å²) in [4.78, 5) is 35.5. The summed E-state index contributed by atoms with van der Waals surface area (Å²) < 4.78 is 4.90. The third-order valence-corrected chi connectivity index (χ3v) is 4.48. The van der Waals surface area contributed by atoms with Crippen LogP contribution in [0.5, 0.6) is 0 Å². The van der Waals surface area contributed by atoms with Gasteiger partial charge in [-0.15, -0.1) is 11.8 Å². The van der Waals surface area contributed by atoms with Gasteiger partial charge in [-0.2, -0.15) is 0 Å². The molecule has 142 valence electrons. The zero-order valence-corrected chi connectivity index (χ0v) is 15.8. The Morgan fingerprint density at radius 2 is 1.89 bits per heavy atom. The van der Waals surface area contributed by atoms with E-state index in [9.17, 15) is 14.4 Å². The molecule has 2 amide bonds. The summed E-state index contributed by atoms with van der Waals surface area (Å²) in [5, 5.41) is 17.4. The van der Waals surface area contributed by atoms with E-state index in [-0.39, 0.29) is 16.7 Å². The summed E-state index contributed by atoms with van der Waals surface area (Å²) in [6.07, 6.45) is 1.02. The number of rotatable bonds is 7. The number of benzene rings is 1. The van der Waals surface area contributed by atoms with Crippen LogP contribution in [0.1, 0.15) is 19.6 Å². The van der Waals surface area contributed by atoms with Crippen LogP contribution in [0.3, 0.4) is 0 Å². The fraction of sp³-hybridized carbons (Fsp3) is 0.222. The summed E-state index contributed by atoms with van der Waals surface area (Å²) >= 11 is 1.35. The number of aryl methyl sites for hydroxylation is 1. The van der Waals surface area contributed by atoms with E-state index in [0.29, 0.717) is 17.3 Å². The van der Waals surface area contributed by atoms with Gasteiger partial charge in [0, 0.05) is 28.3 Å². The van der Waals surface area contributed by atoms with E-state index in [1.54, 1.807) is 44.2 Å². The van der Waals surface area contributed by atoms with Crippen molar-refractivity contribution < 1.29 is 24.0 Å². The number of hydrogen-bond donors (Lipinski definition) is 3. The normalized spacial score (nSPS) is 12.3. The number of carbonyl (C=O) groups is 3. The summed E-state index contributed by atoms with van der Waals surface area (Å²) in [5.74, 6) is -0.903. The van der Waals surface area contributed by atoms with Crippen LogP contribution in [0.25, 0.3) is 0 Å². The number of aromatic nitrogens is 1. The molecule has 0 saturated heterocycles. The van der Waals surface area contributed by atoms with E-state index in [1.165, 1.54) is 18.7 Å². The molecule has 27 heavy (non-hydrogen) atoms. The fourth-order valence-electron chi connectivity index (χ4n) is 1.96. The Bertz CT molecular complexity index is 873. The lowest BCUT2D eigenvalue weighted by atomic mass is 10.2. The van der Waals surface area contributed by atoms with Gasteiger partial charge in [0.2, 0.25) is 11.8 Å². The van der Waals surface area contributed by atoms with Gasteiger partial charge in [-0.1, -0.05) is 5.16 Å². The van der Waals surface area contributed by atoms with Gasteiger partial charge in [-0.05, 0) is 45.0 Å². The number of amides is 2. The van der Waals surface area contributed by atoms with E-state index in [2.05, 4.69) is 15.8 Å². The van der Waals surface area contributed by atoms with E-state index >= 15 is 0 Å². The molecular weight excluding hydrogens is 370 g/mol. The quantitative estimate of drug-likeness (QED) is 0.491. The van der Waals surface area contributed by atoms with Crippen molar-refractivity contribution in [2.45, 2.75) is 30.9 Å². The average Bonchev–Trinajstić information content (AvgIpc) is 3.01. The van der Waals surface area contributed by atoms with Crippen molar-refractivity contribution in [3.8, 4) is 0 Å². The first-order valence-corrected chi connectivity index (χ1v) is 8.86. The topological polar surface area (TPSA) is 122 Å². The van der Waals surface area contributed by atoms with Crippen molar-refractivity contribution in [1.29, 1.82) is 0 Å². The Morgan fingerprint density at radius 3 is 2.44 bits per heavy atom. The molecule has 8 nitrogen and oxygen atoms in total. The van der Waals surface area contributed by atoms with Gasteiger partial charge in [0.25, 0.3) is 0 Å². The van der Waals surface area contributed by atoms with Crippen LogP contribution in [0.15, 0.2) is 51.4 Å². The summed E-state index contributed by atoms with van der Waals surface area (Å²) in [7, 11) is 0. The van der Waals surface area contributed by atoms with Crippen molar-refractivity contribution in [3.05, 3.63) is 47.7 Å². The smallest absolute Gasteiger partial charge is 0.331 e. The van der Waals surface area contributed by atoms with Gasteiger partial charge in [0.05, 0.1) is 5.25 Å². The number of carboxylic acid groups (broad SMARTS) is 1. The lowest BCUT2D eigenvalue weighted by Gasteiger charge is -2.11. The standard InChI is InChI=1S/C18H19N3O5S/c1-10(18(24)25)8-16(22)19-13-4-6-14(7-5-13)27-12(3)17(23)20-15-9-11(2)26-21-15/h4-9,12H,1-3H3,(H,19,22)(H,24,25)(H,20,21,23)/b10-8+/t12-/m0/s1. The molecule has 2 aromatic rings. The van der Waals surface area contributed by atoms with Crippen LogP contribution in [-0.2, 0) is 14.4 Å². The minimum Gasteiger partial charge on any atom is -0.478 e. The van der Waals surface area contributed by atoms with Crippen molar-refractivity contribution in [1.82, 2.24) is 5.16 Å². The number of carbonyl (C=O) groups excluding carboxylic acids is 2. The molecule has 0 aliphatic heterocycles. The van der Waals surface area contributed by atoms with E-state index in [1.807, 2.05) is 0 Å². The first kappa shape index (κ1) is 20.2. The predicted octanol–water partition coefficient (Wildman–Crippen LogP) is 3.07. The largest absolute Gasteiger partial charge is 0.478 e. The van der Waals surface area contributed by atoms with Gasteiger partial charge in [-0.3, -0.25) is 9.59 Å². The molecule has 0 radical (unpaired) electrons. The molecule has 0 unspecified atom stereocenters. The highest BCUT2D eigenvalue weighted by atomic mass is 32.2. The Kier molecular flexibility index (Phi) is 6.78. The molecule has 1 aromatic heterocycles.